The van der Waals surface area contributed by atoms with Crippen LogP contribution < -0.4 is 15.8 Å². The van der Waals surface area contributed by atoms with Gasteiger partial charge < -0.3 is 15.8 Å². The van der Waals surface area contributed by atoms with Crippen LogP contribution in [0, 0.1) is 0 Å². The number of hydrogen-bond acceptors (Lipinski definition) is 5. The van der Waals surface area contributed by atoms with E-state index in [1.54, 1.807) is 36.4 Å². The molecule has 1 amide bonds. The molecule has 0 unspecified atom stereocenters. The minimum absolute atomic E-state index is 0. The van der Waals surface area contributed by atoms with Gasteiger partial charge in [-0.05, 0) is 61.4 Å². The second-order valence-electron chi connectivity index (χ2n) is 7.04. The van der Waals surface area contributed by atoms with E-state index in [9.17, 15) is 13.2 Å². The van der Waals surface area contributed by atoms with E-state index >= 15 is 0 Å². The number of ether oxygens (including phenoxy) is 1. The van der Waals surface area contributed by atoms with Gasteiger partial charge in [-0.2, -0.15) is 0 Å². The summed E-state index contributed by atoms with van der Waals surface area (Å²) in [5.74, 6) is 0.967. The molecule has 3 N–H and O–H groups in total. The number of sulfone groups is 1. The van der Waals surface area contributed by atoms with Crippen molar-refractivity contribution in [2.75, 3.05) is 11.6 Å². The molecule has 28 heavy (non-hydrogen) atoms. The lowest BCUT2D eigenvalue weighted by Gasteiger charge is -2.31. The summed E-state index contributed by atoms with van der Waals surface area (Å²) < 4.78 is 28.7. The summed E-state index contributed by atoms with van der Waals surface area (Å²) in [7, 11) is -3.23. The van der Waals surface area contributed by atoms with Gasteiger partial charge in [0.25, 0.3) is 0 Å². The average molecular weight is 425 g/mol. The van der Waals surface area contributed by atoms with Gasteiger partial charge in [0.1, 0.15) is 11.5 Å². The van der Waals surface area contributed by atoms with Gasteiger partial charge in [0, 0.05) is 11.9 Å². The SMILES string of the molecule is CS(=O)(=O)c1ccc(Oc2ccc(NC(=O)C3(N)CCCCC3)cc2)cc1.Cl. The fourth-order valence-corrected chi connectivity index (χ4v) is 3.79. The van der Waals surface area contributed by atoms with Crippen LogP contribution in [0.15, 0.2) is 53.4 Å². The Labute approximate surface area is 171 Å². The van der Waals surface area contributed by atoms with Gasteiger partial charge >= 0.3 is 0 Å². The molecular formula is C20H25ClN2O4S. The lowest BCUT2D eigenvalue weighted by molar-refractivity contribution is -0.122. The van der Waals surface area contributed by atoms with Crippen LogP contribution in [0.2, 0.25) is 0 Å². The average Bonchev–Trinajstić information content (AvgIpc) is 2.64. The van der Waals surface area contributed by atoms with Crippen molar-refractivity contribution >= 4 is 33.8 Å². The van der Waals surface area contributed by atoms with Gasteiger partial charge in [-0.1, -0.05) is 19.3 Å². The van der Waals surface area contributed by atoms with E-state index in [4.69, 9.17) is 10.5 Å². The Bertz CT molecular complexity index is 906. The largest absolute Gasteiger partial charge is 0.457 e. The zero-order valence-electron chi connectivity index (χ0n) is 15.7. The molecule has 1 aliphatic rings. The minimum atomic E-state index is -3.23. The molecule has 2 aromatic rings. The fourth-order valence-electron chi connectivity index (χ4n) is 3.16. The van der Waals surface area contributed by atoms with Gasteiger partial charge in [0.15, 0.2) is 9.84 Å². The number of carbonyl (C=O) groups is 1. The predicted octanol–water partition coefficient (Wildman–Crippen LogP) is 3.90. The van der Waals surface area contributed by atoms with Crippen LogP contribution >= 0.6 is 12.4 Å². The first-order chi connectivity index (χ1) is 12.8. The van der Waals surface area contributed by atoms with Crippen molar-refractivity contribution in [2.45, 2.75) is 42.5 Å². The first kappa shape index (κ1) is 22.2. The van der Waals surface area contributed by atoms with Gasteiger partial charge in [0.05, 0.1) is 10.4 Å². The van der Waals surface area contributed by atoms with E-state index in [2.05, 4.69) is 5.32 Å². The van der Waals surface area contributed by atoms with Crippen molar-refractivity contribution in [3.63, 3.8) is 0 Å². The Kier molecular flexibility index (Phi) is 7.09. The molecule has 0 aromatic heterocycles. The molecule has 1 saturated carbocycles. The van der Waals surface area contributed by atoms with Crippen molar-refractivity contribution in [3.8, 4) is 11.5 Å². The quantitative estimate of drug-likeness (QED) is 0.758. The third-order valence-corrected chi connectivity index (χ3v) is 5.93. The Hall–Kier alpha value is -2.09. The molecule has 0 spiro atoms. The predicted molar refractivity (Wildman–Crippen MR) is 112 cm³/mol. The third kappa shape index (κ3) is 5.47. The van der Waals surface area contributed by atoms with Crippen LogP contribution in [0.4, 0.5) is 5.69 Å². The molecular weight excluding hydrogens is 400 g/mol. The van der Waals surface area contributed by atoms with Gasteiger partial charge in [0.2, 0.25) is 5.91 Å². The third-order valence-electron chi connectivity index (χ3n) is 4.80. The van der Waals surface area contributed by atoms with E-state index < -0.39 is 15.4 Å². The normalized spacial score (nSPS) is 15.9. The topological polar surface area (TPSA) is 98.5 Å². The van der Waals surface area contributed by atoms with E-state index in [1.165, 1.54) is 12.1 Å². The Morgan fingerprint density at radius 2 is 1.46 bits per heavy atom. The van der Waals surface area contributed by atoms with Crippen molar-refractivity contribution < 1.29 is 17.9 Å². The lowest BCUT2D eigenvalue weighted by atomic mass is 9.82. The summed E-state index contributed by atoms with van der Waals surface area (Å²) in [5, 5.41) is 2.88. The Morgan fingerprint density at radius 1 is 0.964 bits per heavy atom. The van der Waals surface area contributed by atoms with Crippen molar-refractivity contribution in [1.82, 2.24) is 0 Å². The maximum atomic E-state index is 12.5. The molecule has 0 heterocycles. The number of rotatable bonds is 5. The first-order valence-corrected chi connectivity index (χ1v) is 10.8. The highest BCUT2D eigenvalue weighted by Crippen LogP contribution is 2.28. The van der Waals surface area contributed by atoms with Crippen LogP contribution in [0.3, 0.4) is 0 Å². The molecule has 1 fully saturated rings. The summed E-state index contributed by atoms with van der Waals surface area (Å²) in [6, 6.07) is 13.2. The molecule has 8 heteroatoms. The number of amides is 1. The van der Waals surface area contributed by atoms with E-state index in [0.717, 1.165) is 25.5 Å². The van der Waals surface area contributed by atoms with Crippen molar-refractivity contribution in [1.29, 1.82) is 0 Å². The highest BCUT2D eigenvalue weighted by molar-refractivity contribution is 7.90. The van der Waals surface area contributed by atoms with Crippen LogP contribution in [-0.4, -0.2) is 26.1 Å². The van der Waals surface area contributed by atoms with Gasteiger partial charge in [-0.3, -0.25) is 4.79 Å². The fraction of sp³-hybridized carbons (Fsp3) is 0.350. The summed E-state index contributed by atoms with van der Waals surface area (Å²) in [4.78, 5) is 12.7. The zero-order valence-corrected chi connectivity index (χ0v) is 17.3. The van der Waals surface area contributed by atoms with E-state index in [0.29, 0.717) is 30.0 Å². The Balaban J connectivity index is 0.00000280. The van der Waals surface area contributed by atoms with Crippen molar-refractivity contribution in [2.24, 2.45) is 5.73 Å². The van der Waals surface area contributed by atoms with E-state index in [1.807, 2.05) is 0 Å². The smallest absolute Gasteiger partial charge is 0.244 e. The number of benzene rings is 2. The number of halogens is 1. The number of nitrogens with two attached hydrogens (primary N) is 1. The maximum absolute atomic E-state index is 12.5. The second-order valence-corrected chi connectivity index (χ2v) is 9.06. The number of hydrogen-bond donors (Lipinski definition) is 2. The second kappa shape index (κ2) is 8.94. The van der Waals surface area contributed by atoms with Gasteiger partial charge in [-0.25, -0.2) is 8.42 Å². The van der Waals surface area contributed by atoms with Crippen LogP contribution in [-0.2, 0) is 14.6 Å². The summed E-state index contributed by atoms with van der Waals surface area (Å²) in [5.41, 5.74) is 6.12. The monoisotopic (exact) mass is 424 g/mol. The molecule has 152 valence electrons. The minimum Gasteiger partial charge on any atom is -0.457 e. The lowest BCUT2D eigenvalue weighted by Crippen LogP contribution is -2.52. The number of carbonyl (C=O) groups excluding carboxylic acids is 1. The molecule has 6 nitrogen and oxygen atoms in total. The maximum Gasteiger partial charge on any atom is 0.244 e. The standard InChI is InChI=1S/C20H24N2O4S.ClH/c1-27(24,25)18-11-9-17(10-12-18)26-16-7-5-15(6-8-16)22-19(23)20(21)13-3-2-4-14-20;/h5-12H,2-4,13-14,21H2,1H3,(H,22,23);1H. The molecule has 0 bridgehead atoms. The highest BCUT2D eigenvalue weighted by atomic mass is 35.5. The van der Waals surface area contributed by atoms with Crippen molar-refractivity contribution in [3.05, 3.63) is 48.5 Å². The van der Waals surface area contributed by atoms with Crippen LogP contribution in [0.5, 0.6) is 11.5 Å². The highest BCUT2D eigenvalue weighted by Gasteiger charge is 2.35. The number of nitrogens with one attached hydrogen (secondary N) is 1. The molecule has 0 radical (unpaired) electrons. The number of anilines is 1. The molecule has 0 saturated heterocycles. The van der Waals surface area contributed by atoms with Crippen LogP contribution in [0.25, 0.3) is 0 Å². The van der Waals surface area contributed by atoms with Gasteiger partial charge in [-0.15, -0.1) is 12.4 Å². The molecule has 3 rings (SSSR count). The summed E-state index contributed by atoms with van der Waals surface area (Å²) in [6.45, 7) is 0. The van der Waals surface area contributed by atoms with E-state index in [-0.39, 0.29) is 23.2 Å². The summed E-state index contributed by atoms with van der Waals surface area (Å²) in [6.07, 6.45) is 5.68. The zero-order chi connectivity index (χ0) is 19.5. The Morgan fingerprint density at radius 3 is 1.96 bits per heavy atom. The summed E-state index contributed by atoms with van der Waals surface area (Å²) >= 11 is 0. The molecule has 0 aliphatic heterocycles. The molecule has 1 aliphatic carbocycles. The first-order valence-electron chi connectivity index (χ1n) is 8.95. The molecule has 0 atom stereocenters. The van der Waals surface area contributed by atoms with Crippen LogP contribution in [0.1, 0.15) is 32.1 Å². The molecule has 2 aromatic carbocycles.